The van der Waals surface area contributed by atoms with Gasteiger partial charge in [-0.3, -0.25) is 4.79 Å². The molecule has 0 aromatic carbocycles. The number of nitrogens with one attached hydrogen (secondary N) is 1. The van der Waals surface area contributed by atoms with Crippen molar-refractivity contribution in [2.24, 2.45) is 0 Å². The van der Waals surface area contributed by atoms with Crippen molar-refractivity contribution in [1.29, 1.82) is 0 Å². The molecule has 0 aliphatic carbocycles. The van der Waals surface area contributed by atoms with E-state index in [-0.39, 0.29) is 10.6 Å². The average molecular weight is 290 g/mol. The molecule has 104 valence electrons. The van der Waals surface area contributed by atoms with Gasteiger partial charge in [-0.25, -0.2) is 0 Å². The highest BCUT2D eigenvalue weighted by molar-refractivity contribution is 7.16. The number of amides is 1. The molecule has 0 aliphatic heterocycles. The second-order valence-corrected chi connectivity index (χ2v) is 5.34. The number of rotatable bonds is 4. The summed E-state index contributed by atoms with van der Waals surface area (Å²) in [7, 11) is 0. The van der Waals surface area contributed by atoms with Crippen molar-refractivity contribution in [2.75, 3.05) is 5.32 Å². The summed E-state index contributed by atoms with van der Waals surface area (Å²) in [4.78, 5) is 23.7. The number of aryl methyl sites for hydroxylation is 1. The molecule has 2 rings (SSSR count). The lowest BCUT2D eigenvalue weighted by Crippen LogP contribution is -2.24. The van der Waals surface area contributed by atoms with E-state index in [2.05, 4.69) is 5.32 Å². The van der Waals surface area contributed by atoms with E-state index in [1.807, 2.05) is 0 Å². The number of carbonyl (C=O) groups is 2. The Morgan fingerprint density at radius 3 is 2.75 bits per heavy atom. The Morgan fingerprint density at radius 1 is 1.40 bits per heavy atom. The number of carbonyl (C=O) groups excluding carboxylic acids is 2. The predicted octanol–water partition coefficient (Wildman–Crippen LogP) is 1.97. The van der Waals surface area contributed by atoms with Crippen molar-refractivity contribution in [3.05, 3.63) is 46.2 Å². The van der Waals surface area contributed by atoms with Crippen LogP contribution >= 0.6 is 11.3 Å². The molecule has 0 spiro atoms. The Balaban J connectivity index is 2.16. The number of hydrogen-bond donors (Lipinski definition) is 1. The number of hydrogen-bond acceptors (Lipinski definition) is 5. The van der Waals surface area contributed by atoms with Gasteiger partial charge in [0, 0.05) is 16.5 Å². The highest BCUT2D eigenvalue weighted by Crippen LogP contribution is 2.31. The molecule has 0 fully saturated rings. The fourth-order valence-electron chi connectivity index (χ4n) is 1.66. The summed E-state index contributed by atoms with van der Waals surface area (Å²) in [6, 6.07) is 3.41. The van der Waals surface area contributed by atoms with Gasteiger partial charge in [0.1, 0.15) is 10.8 Å². The molecular formula is C14H12NO4S-. The van der Waals surface area contributed by atoms with Crippen LogP contribution < -0.4 is 10.4 Å². The standard InChI is InChI=1S/C14H13NO4S/c1-8-9(2)20-13(12(8)14(17)18)15-11(16)6-5-10-4-3-7-19-10/h3-7H,1-2H3,(H,15,16)(H,17,18)/p-1/b6-5+. The third-order valence-corrected chi connectivity index (χ3v) is 3.89. The van der Waals surface area contributed by atoms with Gasteiger partial charge in [0.25, 0.3) is 0 Å². The first-order valence-electron chi connectivity index (χ1n) is 5.83. The van der Waals surface area contributed by atoms with Gasteiger partial charge >= 0.3 is 0 Å². The van der Waals surface area contributed by atoms with E-state index in [4.69, 9.17) is 4.42 Å². The van der Waals surface area contributed by atoms with Crippen LogP contribution in [0.3, 0.4) is 0 Å². The van der Waals surface area contributed by atoms with Crippen LogP contribution in [0.25, 0.3) is 6.08 Å². The maximum absolute atomic E-state index is 11.8. The summed E-state index contributed by atoms with van der Waals surface area (Å²) >= 11 is 1.21. The summed E-state index contributed by atoms with van der Waals surface area (Å²) in [6.45, 7) is 3.48. The molecule has 2 aromatic heterocycles. The van der Waals surface area contributed by atoms with Crippen LogP contribution in [-0.4, -0.2) is 11.9 Å². The third-order valence-electron chi connectivity index (χ3n) is 2.77. The lowest BCUT2D eigenvalue weighted by Gasteiger charge is -2.06. The van der Waals surface area contributed by atoms with E-state index in [0.29, 0.717) is 11.3 Å². The van der Waals surface area contributed by atoms with E-state index >= 15 is 0 Å². The van der Waals surface area contributed by atoms with Crippen LogP contribution in [0.15, 0.2) is 28.9 Å². The number of anilines is 1. The molecule has 0 atom stereocenters. The van der Waals surface area contributed by atoms with Gasteiger partial charge in [0.2, 0.25) is 5.91 Å². The van der Waals surface area contributed by atoms with Gasteiger partial charge in [-0.15, -0.1) is 11.3 Å². The van der Waals surface area contributed by atoms with Crippen molar-refractivity contribution in [3.63, 3.8) is 0 Å². The van der Waals surface area contributed by atoms with Gasteiger partial charge in [0.15, 0.2) is 0 Å². The van der Waals surface area contributed by atoms with Gasteiger partial charge < -0.3 is 19.6 Å². The molecule has 1 N–H and O–H groups in total. The normalized spacial score (nSPS) is 10.9. The highest BCUT2D eigenvalue weighted by atomic mass is 32.1. The first kappa shape index (κ1) is 14.1. The van der Waals surface area contributed by atoms with Crippen LogP contribution in [0.2, 0.25) is 0 Å². The van der Waals surface area contributed by atoms with E-state index in [1.165, 1.54) is 29.8 Å². The van der Waals surface area contributed by atoms with Crippen LogP contribution in [-0.2, 0) is 4.79 Å². The number of thiophene rings is 1. The Hall–Kier alpha value is -2.34. The number of aromatic carboxylic acids is 1. The average Bonchev–Trinajstić information content (AvgIpc) is 2.96. The number of carboxylic acids is 1. The summed E-state index contributed by atoms with van der Waals surface area (Å²) in [5, 5.41) is 13.9. The second kappa shape index (κ2) is 5.75. The first-order chi connectivity index (χ1) is 9.49. The zero-order valence-electron chi connectivity index (χ0n) is 10.9. The summed E-state index contributed by atoms with van der Waals surface area (Å²) < 4.78 is 5.05. The molecule has 2 aromatic rings. The van der Waals surface area contributed by atoms with Crippen LogP contribution in [0.1, 0.15) is 26.6 Å². The minimum Gasteiger partial charge on any atom is -0.545 e. The lowest BCUT2D eigenvalue weighted by atomic mass is 10.1. The molecule has 0 saturated carbocycles. The zero-order chi connectivity index (χ0) is 14.7. The lowest BCUT2D eigenvalue weighted by molar-refractivity contribution is -0.254. The van der Waals surface area contributed by atoms with Crippen molar-refractivity contribution >= 4 is 34.3 Å². The monoisotopic (exact) mass is 290 g/mol. The van der Waals surface area contributed by atoms with Crippen LogP contribution in [0.4, 0.5) is 5.00 Å². The third kappa shape index (κ3) is 2.97. The molecule has 0 saturated heterocycles. The van der Waals surface area contributed by atoms with Crippen molar-refractivity contribution in [3.8, 4) is 0 Å². The van der Waals surface area contributed by atoms with Crippen LogP contribution in [0.5, 0.6) is 0 Å². The van der Waals surface area contributed by atoms with Crippen molar-refractivity contribution in [2.45, 2.75) is 13.8 Å². The van der Waals surface area contributed by atoms with Crippen molar-refractivity contribution in [1.82, 2.24) is 0 Å². The van der Waals surface area contributed by atoms with Crippen LogP contribution in [0, 0.1) is 13.8 Å². The van der Waals surface area contributed by atoms with Crippen molar-refractivity contribution < 1.29 is 19.1 Å². The Morgan fingerprint density at radius 2 is 2.15 bits per heavy atom. The Bertz CT molecular complexity index is 668. The zero-order valence-corrected chi connectivity index (χ0v) is 11.7. The molecular weight excluding hydrogens is 278 g/mol. The van der Waals surface area contributed by atoms with Gasteiger partial charge in [-0.2, -0.15) is 0 Å². The largest absolute Gasteiger partial charge is 0.545 e. The maximum Gasteiger partial charge on any atom is 0.249 e. The SMILES string of the molecule is Cc1sc(NC(=O)/C=C/c2ccco2)c(C(=O)[O-])c1C. The maximum atomic E-state index is 11.8. The molecule has 0 radical (unpaired) electrons. The molecule has 20 heavy (non-hydrogen) atoms. The fourth-order valence-corrected chi connectivity index (χ4v) is 2.71. The molecule has 1 amide bonds. The second-order valence-electron chi connectivity index (χ2n) is 4.11. The molecule has 6 heteroatoms. The summed E-state index contributed by atoms with van der Waals surface area (Å²) in [5.74, 6) is -1.18. The molecule has 2 heterocycles. The minimum atomic E-state index is -1.29. The smallest absolute Gasteiger partial charge is 0.249 e. The van der Waals surface area contributed by atoms with E-state index in [1.54, 1.807) is 26.0 Å². The number of carboxylic acid groups (broad SMARTS) is 1. The summed E-state index contributed by atoms with van der Waals surface area (Å²) in [5.41, 5.74) is 0.646. The quantitative estimate of drug-likeness (QED) is 0.873. The van der Waals surface area contributed by atoms with E-state index in [0.717, 1.165) is 4.88 Å². The van der Waals surface area contributed by atoms with Gasteiger partial charge in [-0.1, -0.05) is 0 Å². The first-order valence-corrected chi connectivity index (χ1v) is 6.64. The summed E-state index contributed by atoms with van der Waals surface area (Å²) in [6.07, 6.45) is 4.28. The topological polar surface area (TPSA) is 82.4 Å². The Labute approximate surface area is 119 Å². The highest BCUT2D eigenvalue weighted by Gasteiger charge is 2.14. The predicted molar refractivity (Wildman–Crippen MR) is 74.5 cm³/mol. The minimum absolute atomic E-state index is 0.0345. The van der Waals surface area contributed by atoms with Gasteiger partial charge in [-0.05, 0) is 37.6 Å². The fraction of sp³-hybridized carbons (Fsp3) is 0.143. The van der Waals surface area contributed by atoms with E-state index < -0.39 is 11.9 Å². The number of furan rings is 1. The van der Waals surface area contributed by atoms with Gasteiger partial charge in [0.05, 0.1) is 12.2 Å². The van der Waals surface area contributed by atoms with E-state index in [9.17, 15) is 14.7 Å². The Kier molecular flexibility index (Phi) is 4.05. The molecule has 0 unspecified atom stereocenters. The molecule has 5 nitrogen and oxygen atoms in total. The molecule has 0 aliphatic rings. The molecule has 0 bridgehead atoms.